The third-order valence-electron chi connectivity index (χ3n) is 3.48. The number of hydrogen-bond acceptors (Lipinski definition) is 4. The summed E-state index contributed by atoms with van der Waals surface area (Å²) in [5.41, 5.74) is 1.14. The first-order chi connectivity index (χ1) is 9.63. The molecule has 0 spiro atoms. The zero-order valence-electron chi connectivity index (χ0n) is 11.1. The van der Waals surface area contributed by atoms with Gasteiger partial charge in [-0.25, -0.2) is 4.68 Å². The number of nitrogens with zero attached hydrogens (tertiary/aromatic N) is 4. The molecule has 1 atom stereocenters. The molecule has 20 heavy (non-hydrogen) atoms. The molecular weight excluding hydrogens is 258 g/mol. The van der Waals surface area contributed by atoms with E-state index in [2.05, 4.69) is 15.5 Å². The molecule has 0 aliphatic carbocycles. The molecule has 1 amide bonds. The summed E-state index contributed by atoms with van der Waals surface area (Å²) >= 11 is 0. The van der Waals surface area contributed by atoms with Crippen LogP contribution in [0.25, 0.3) is 0 Å². The standard InChI is InChI=1S/C13H15N5O2/c1-17-12(19)3-2-11(16-17)13(20)15-9-5-7-18-10(8-9)4-6-14-18/h2-4,6,9H,5,7-8H2,1H3,(H,15,20). The summed E-state index contributed by atoms with van der Waals surface area (Å²) in [6.07, 6.45) is 3.37. The van der Waals surface area contributed by atoms with Crippen molar-refractivity contribution in [3.8, 4) is 0 Å². The number of carbonyl (C=O) groups is 1. The van der Waals surface area contributed by atoms with E-state index in [1.54, 1.807) is 6.20 Å². The highest BCUT2D eigenvalue weighted by Gasteiger charge is 2.21. The van der Waals surface area contributed by atoms with Crippen LogP contribution in [0.3, 0.4) is 0 Å². The topological polar surface area (TPSA) is 81.8 Å². The third-order valence-corrected chi connectivity index (χ3v) is 3.48. The van der Waals surface area contributed by atoms with Crippen molar-refractivity contribution in [2.24, 2.45) is 7.05 Å². The molecule has 0 saturated carbocycles. The second-order valence-corrected chi connectivity index (χ2v) is 4.89. The van der Waals surface area contributed by atoms with Gasteiger partial charge in [-0.1, -0.05) is 0 Å². The summed E-state index contributed by atoms with van der Waals surface area (Å²) in [4.78, 5) is 23.4. The van der Waals surface area contributed by atoms with Gasteiger partial charge in [0.25, 0.3) is 11.5 Å². The van der Waals surface area contributed by atoms with Crippen molar-refractivity contribution in [3.05, 3.63) is 46.1 Å². The van der Waals surface area contributed by atoms with Crippen LogP contribution in [0.15, 0.2) is 29.2 Å². The Hall–Kier alpha value is -2.44. The fourth-order valence-electron chi connectivity index (χ4n) is 2.37. The second kappa shape index (κ2) is 4.92. The monoisotopic (exact) mass is 273 g/mol. The minimum atomic E-state index is -0.251. The van der Waals surface area contributed by atoms with E-state index in [0.717, 1.165) is 29.8 Å². The van der Waals surface area contributed by atoms with Crippen molar-refractivity contribution in [1.29, 1.82) is 0 Å². The van der Waals surface area contributed by atoms with Gasteiger partial charge in [-0.3, -0.25) is 14.3 Å². The number of amides is 1. The van der Waals surface area contributed by atoms with Crippen LogP contribution in [-0.2, 0) is 20.0 Å². The molecule has 1 N–H and O–H groups in total. The first kappa shape index (κ1) is 12.6. The summed E-state index contributed by atoms with van der Waals surface area (Å²) in [6, 6.07) is 4.83. The Bertz CT molecular complexity index is 703. The maximum absolute atomic E-state index is 12.1. The highest BCUT2D eigenvalue weighted by atomic mass is 16.2. The van der Waals surface area contributed by atoms with E-state index in [4.69, 9.17) is 0 Å². The molecule has 7 nitrogen and oxygen atoms in total. The van der Waals surface area contributed by atoms with Crippen LogP contribution in [0.5, 0.6) is 0 Å². The molecule has 104 valence electrons. The minimum Gasteiger partial charge on any atom is -0.347 e. The summed E-state index contributed by atoms with van der Waals surface area (Å²) in [5.74, 6) is -0.251. The average molecular weight is 273 g/mol. The number of fused-ring (bicyclic) bond motifs is 1. The van der Waals surface area contributed by atoms with Crippen LogP contribution in [0.1, 0.15) is 22.6 Å². The van der Waals surface area contributed by atoms with Crippen molar-refractivity contribution in [3.63, 3.8) is 0 Å². The number of aromatic nitrogens is 4. The summed E-state index contributed by atoms with van der Waals surface area (Å²) in [7, 11) is 1.53. The Morgan fingerprint density at radius 1 is 1.40 bits per heavy atom. The van der Waals surface area contributed by atoms with Gasteiger partial charge < -0.3 is 5.32 Å². The number of nitrogens with one attached hydrogen (secondary N) is 1. The van der Waals surface area contributed by atoms with Crippen LogP contribution in [-0.4, -0.2) is 31.5 Å². The van der Waals surface area contributed by atoms with Gasteiger partial charge in [0.05, 0.1) is 0 Å². The summed E-state index contributed by atoms with van der Waals surface area (Å²) in [5, 5.41) is 11.1. The Balaban J connectivity index is 1.70. The molecule has 0 aromatic carbocycles. The van der Waals surface area contributed by atoms with Gasteiger partial charge in [-0.15, -0.1) is 0 Å². The lowest BCUT2D eigenvalue weighted by molar-refractivity contribution is 0.0923. The zero-order chi connectivity index (χ0) is 14.1. The van der Waals surface area contributed by atoms with E-state index in [0.29, 0.717) is 0 Å². The van der Waals surface area contributed by atoms with Crippen LogP contribution in [0, 0.1) is 0 Å². The molecule has 0 bridgehead atoms. The number of hydrogen-bond donors (Lipinski definition) is 1. The molecule has 1 aliphatic rings. The first-order valence-corrected chi connectivity index (χ1v) is 6.49. The Kier molecular flexibility index (Phi) is 3.09. The fraction of sp³-hybridized carbons (Fsp3) is 0.385. The van der Waals surface area contributed by atoms with Crippen LogP contribution in [0.4, 0.5) is 0 Å². The zero-order valence-corrected chi connectivity index (χ0v) is 11.1. The molecule has 1 unspecified atom stereocenters. The van der Waals surface area contributed by atoms with Crippen molar-refractivity contribution in [1.82, 2.24) is 24.9 Å². The van der Waals surface area contributed by atoms with E-state index in [-0.39, 0.29) is 23.2 Å². The van der Waals surface area contributed by atoms with Crippen LogP contribution < -0.4 is 10.9 Å². The largest absolute Gasteiger partial charge is 0.347 e. The van der Waals surface area contributed by atoms with Gasteiger partial charge in [0.1, 0.15) is 5.69 Å². The predicted octanol–water partition coefficient (Wildman–Crippen LogP) is -0.278. The molecule has 0 radical (unpaired) electrons. The fourth-order valence-corrected chi connectivity index (χ4v) is 2.37. The van der Waals surface area contributed by atoms with Gasteiger partial charge in [-0.05, 0) is 18.6 Å². The minimum absolute atomic E-state index is 0.0748. The number of rotatable bonds is 2. The molecular formula is C13H15N5O2. The van der Waals surface area contributed by atoms with Crippen molar-refractivity contribution in [2.75, 3.05) is 0 Å². The highest BCUT2D eigenvalue weighted by molar-refractivity contribution is 5.92. The lowest BCUT2D eigenvalue weighted by Crippen LogP contribution is -2.41. The predicted molar refractivity (Wildman–Crippen MR) is 71.3 cm³/mol. The second-order valence-electron chi connectivity index (χ2n) is 4.89. The Morgan fingerprint density at radius 2 is 2.25 bits per heavy atom. The van der Waals surface area contributed by atoms with E-state index < -0.39 is 0 Å². The molecule has 2 aromatic heterocycles. The normalized spacial score (nSPS) is 17.6. The Morgan fingerprint density at radius 3 is 3.05 bits per heavy atom. The van der Waals surface area contributed by atoms with E-state index in [1.165, 1.54) is 19.2 Å². The van der Waals surface area contributed by atoms with Gasteiger partial charge in [0.15, 0.2) is 0 Å². The third kappa shape index (κ3) is 2.34. The molecule has 3 rings (SSSR count). The van der Waals surface area contributed by atoms with E-state index in [9.17, 15) is 9.59 Å². The maximum Gasteiger partial charge on any atom is 0.271 e. The van der Waals surface area contributed by atoms with Gasteiger partial charge in [-0.2, -0.15) is 10.2 Å². The van der Waals surface area contributed by atoms with Crippen LogP contribution in [0.2, 0.25) is 0 Å². The molecule has 7 heteroatoms. The molecule has 3 heterocycles. The smallest absolute Gasteiger partial charge is 0.271 e. The van der Waals surface area contributed by atoms with E-state index >= 15 is 0 Å². The van der Waals surface area contributed by atoms with Gasteiger partial charge >= 0.3 is 0 Å². The number of aryl methyl sites for hydroxylation is 2. The molecule has 1 aliphatic heterocycles. The van der Waals surface area contributed by atoms with Crippen molar-refractivity contribution in [2.45, 2.75) is 25.4 Å². The quantitative estimate of drug-likeness (QED) is 0.816. The lowest BCUT2D eigenvalue weighted by atomic mass is 10.0. The van der Waals surface area contributed by atoms with Crippen molar-refractivity contribution >= 4 is 5.91 Å². The van der Waals surface area contributed by atoms with Gasteiger partial charge in [0.2, 0.25) is 0 Å². The SMILES string of the molecule is Cn1nc(C(=O)NC2CCn3nccc3C2)ccc1=O. The van der Waals surface area contributed by atoms with Crippen LogP contribution >= 0.6 is 0 Å². The maximum atomic E-state index is 12.1. The first-order valence-electron chi connectivity index (χ1n) is 6.49. The number of carbonyl (C=O) groups excluding carboxylic acids is 1. The molecule has 2 aromatic rings. The lowest BCUT2D eigenvalue weighted by Gasteiger charge is -2.24. The average Bonchev–Trinajstić information content (AvgIpc) is 2.89. The molecule has 0 saturated heterocycles. The van der Waals surface area contributed by atoms with Crippen molar-refractivity contribution < 1.29 is 4.79 Å². The summed E-state index contributed by atoms with van der Waals surface area (Å²) < 4.78 is 3.11. The Labute approximate surface area is 115 Å². The summed E-state index contributed by atoms with van der Waals surface area (Å²) in [6.45, 7) is 0.800. The molecule has 0 fully saturated rings. The van der Waals surface area contributed by atoms with Gasteiger partial charge in [0, 0.05) is 44.0 Å². The van der Waals surface area contributed by atoms with E-state index in [1.807, 2.05) is 10.7 Å². The highest BCUT2D eigenvalue weighted by Crippen LogP contribution is 2.13.